The van der Waals surface area contributed by atoms with Crippen LogP contribution in [0.3, 0.4) is 0 Å². The maximum absolute atomic E-state index is 13.0. The lowest BCUT2D eigenvalue weighted by Crippen LogP contribution is -2.22. The van der Waals surface area contributed by atoms with Crippen LogP contribution in [-0.4, -0.2) is 12.6 Å². The molecule has 0 bridgehead atoms. The first-order valence-electron chi connectivity index (χ1n) is 5.25. The molecule has 1 nitrogen and oxygen atoms in total. The van der Waals surface area contributed by atoms with Crippen molar-refractivity contribution in [2.45, 2.75) is 26.8 Å². The highest BCUT2D eigenvalue weighted by atomic mass is 19.1. The third kappa shape index (κ3) is 4.26. The van der Waals surface area contributed by atoms with Gasteiger partial charge in [-0.15, -0.1) is 0 Å². The summed E-state index contributed by atoms with van der Waals surface area (Å²) in [7, 11) is 0. The van der Waals surface area contributed by atoms with Gasteiger partial charge in [-0.3, -0.25) is 0 Å². The monoisotopic (exact) mass is 207 g/mol. The molecule has 1 aromatic carbocycles. The van der Waals surface area contributed by atoms with Crippen LogP contribution in [0.2, 0.25) is 0 Å². The van der Waals surface area contributed by atoms with Crippen LogP contribution in [0.5, 0.6) is 0 Å². The number of hydrogen-bond donors (Lipinski definition) is 1. The van der Waals surface area contributed by atoms with Gasteiger partial charge in [0.15, 0.2) is 0 Å². The molecule has 0 saturated heterocycles. The van der Waals surface area contributed by atoms with Gasteiger partial charge in [0, 0.05) is 12.6 Å². The molecule has 0 saturated carbocycles. The fourth-order valence-corrected chi connectivity index (χ4v) is 1.27. The predicted molar refractivity (Wildman–Crippen MR) is 63.3 cm³/mol. The van der Waals surface area contributed by atoms with Crippen LogP contribution in [0, 0.1) is 12.7 Å². The highest BCUT2D eigenvalue weighted by molar-refractivity contribution is 5.50. The van der Waals surface area contributed by atoms with Gasteiger partial charge in [0.25, 0.3) is 0 Å². The molecule has 0 aliphatic rings. The van der Waals surface area contributed by atoms with E-state index in [4.69, 9.17) is 0 Å². The van der Waals surface area contributed by atoms with E-state index in [0.717, 1.165) is 12.1 Å². The summed E-state index contributed by atoms with van der Waals surface area (Å²) in [5, 5.41) is 3.28. The van der Waals surface area contributed by atoms with Crippen LogP contribution in [0.1, 0.15) is 25.0 Å². The summed E-state index contributed by atoms with van der Waals surface area (Å²) in [6, 6.07) is 5.63. The van der Waals surface area contributed by atoms with E-state index in [0.29, 0.717) is 11.6 Å². The first-order valence-corrected chi connectivity index (χ1v) is 5.25. The van der Waals surface area contributed by atoms with Crippen LogP contribution in [0.15, 0.2) is 24.3 Å². The Labute approximate surface area is 91.0 Å². The third-order valence-corrected chi connectivity index (χ3v) is 2.14. The van der Waals surface area contributed by atoms with Gasteiger partial charge in [-0.25, -0.2) is 4.39 Å². The summed E-state index contributed by atoms with van der Waals surface area (Å²) in [5.74, 6) is -0.146. The summed E-state index contributed by atoms with van der Waals surface area (Å²) in [4.78, 5) is 0. The maximum atomic E-state index is 13.0. The van der Waals surface area contributed by atoms with Crippen molar-refractivity contribution in [1.82, 2.24) is 5.32 Å². The van der Waals surface area contributed by atoms with Gasteiger partial charge < -0.3 is 5.32 Å². The van der Waals surface area contributed by atoms with Crippen LogP contribution in [0.4, 0.5) is 4.39 Å². The van der Waals surface area contributed by atoms with Crippen LogP contribution in [-0.2, 0) is 0 Å². The molecule has 0 atom stereocenters. The minimum Gasteiger partial charge on any atom is -0.311 e. The van der Waals surface area contributed by atoms with Crippen molar-refractivity contribution in [2.75, 3.05) is 6.54 Å². The van der Waals surface area contributed by atoms with E-state index in [1.54, 1.807) is 13.0 Å². The Morgan fingerprint density at radius 1 is 1.40 bits per heavy atom. The van der Waals surface area contributed by atoms with E-state index in [2.05, 4.69) is 19.2 Å². The zero-order valence-corrected chi connectivity index (χ0v) is 9.55. The van der Waals surface area contributed by atoms with Gasteiger partial charge >= 0.3 is 0 Å². The molecule has 15 heavy (non-hydrogen) atoms. The SMILES string of the molecule is Cc1cc(C=CCNC(C)C)ccc1F. The van der Waals surface area contributed by atoms with Gasteiger partial charge in [0.1, 0.15) is 5.82 Å². The Hall–Kier alpha value is -1.15. The van der Waals surface area contributed by atoms with Crippen molar-refractivity contribution in [1.29, 1.82) is 0 Å². The summed E-state index contributed by atoms with van der Waals surface area (Å²) >= 11 is 0. The summed E-state index contributed by atoms with van der Waals surface area (Å²) in [6.45, 7) is 6.83. The van der Waals surface area contributed by atoms with E-state index in [1.165, 1.54) is 6.07 Å². The molecule has 0 fully saturated rings. The van der Waals surface area contributed by atoms with Gasteiger partial charge in [0.05, 0.1) is 0 Å². The number of aryl methyl sites for hydroxylation is 1. The number of hydrogen-bond acceptors (Lipinski definition) is 1. The van der Waals surface area contributed by atoms with E-state index in [9.17, 15) is 4.39 Å². The maximum Gasteiger partial charge on any atom is 0.126 e. The van der Waals surface area contributed by atoms with Crippen molar-refractivity contribution in [3.63, 3.8) is 0 Å². The Morgan fingerprint density at radius 3 is 2.73 bits per heavy atom. The van der Waals surface area contributed by atoms with Crippen LogP contribution < -0.4 is 5.32 Å². The lowest BCUT2D eigenvalue weighted by atomic mass is 10.1. The standard InChI is InChI=1S/C13H18FN/c1-10(2)15-8-4-5-12-6-7-13(14)11(3)9-12/h4-7,9-10,15H,8H2,1-3H3. The number of rotatable bonds is 4. The molecule has 0 aromatic heterocycles. The van der Waals surface area contributed by atoms with Crippen molar-refractivity contribution in [3.05, 3.63) is 41.2 Å². The number of benzene rings is 1. The lowest BCUT2D eigenvalue weighted by molar-refractivity contribution is 0.618. The molecular formula is C13H18FN. The first kappa shape index (κ1) is 11.9. The van der Waals surface area contributed by atoms with E-state index in [1.807, 2.05) is 18.2 Å². The minimum atomic E-state index is -0.146. The van der Waals surface area contributed by atoms with Gasteiger partial charge in [-0.2, -0.15) is 0 Å². The molecule has 1 aromatic rings. The smallest absolute Gasteiger partial charge is 0.126 e. The molecule has 82 valence electrons. The molecule has 0 unspecified atom stereocenters. The van der Waals surface area contributed by atoms with E-state index < -0.39 is 0 Å². The molecule has 0 aliphatic carbocycles. The van der Waals surface area contributed by atoms with Crippen molar-refractivity contribution < 1.29 is 4.39 Å². The average Bonchev–Trinajstić information content (AvgIpc) is 2.18. The van der Waals surface area contributed by atoms with Crippen molar-refractivity contribution in [3.8, 4) is 0 Å². The van der Waals surface area contributed by atoms with E-state index in [-0.39, 0.29) is 5.82 Å². The second-order valence-corrected chi connectivity index (χ2v) is 3.97. The highest BCUT2D eigenvalue weighted by Crippen LogP contribution is 2.10. The van der Waals surface area contributed by atoms with Crippen LogP contribution in [0.25, 0.3) is 6.08 Å². The van der Waals surface area contributed by atoms with Crippen molar-refractivity contribution >= 4 is 6.08 Å². The van der Waals surface area contributed by atoms with Gasteiger partial charge in [0.2, 0.25) is 0 Å². The first-order chi connectivity index (χ1) is 7.09. The Kier molecular flexibility index (Phi) is 4.50. The average molecular weight is 207 g/mol. The largest absolute Gasteiger partial charge is 0.311 e. The molecular weight excluding hydrogens is 189 g/mol. The molecule has 0 amide bonds. The lowest BCUT2D eigenvalue weighted by Gasteiger charge is -2.03. The van der Waals surface area contributed by atoms with E-state index >= 15 is 0 Å². The zero-order valence-electron chi connectivity index (χ0n) is 9.55. The van der Waals surface area contributed by atoms with Gasteiger partial charge in [-0.05, 0) is 30.2 Å². The summed E-state index contributed by atoms with van der Waals surface area (Å²) < 4.78 is 13.0. The molecule has 0 heterocycles. The fraction of sp³-hybridized carbons (Fsp3) is 0.385. The molecule has 2 heteroatoms. The normalized spacial score (nSPS) is 11.5. The second kappa shape index (κ2) is 5.66. The molecule has 0 radical (unpaired) electrons. The minimum absolute atomic E-state index is 0.146. The Morgan fingerprint density at radius 2 is 2.13 bits per heavy atom. The molecule has 0 aliphatic heterocycles. The molecule has 1 rings (SSSR count). The van der Waals surface area contributed by atoms with Crippen molar-refractivity contribution in [2.24, 2.45) is 0 Å². The van der Waals surface area contributed by atoms with Crippen LogP contribution >= 0.6 is 0 Å². The Balaban J connectivity index is 2.53. The van der Waals surface area contributed by atoms with Gasteiger partial charge in [-0.1, -0.05) is 32.1 Å². The predicted octanol–water partition coefficient (Wildman–Crippen LogP) is 3.15. The quantitative estimate of drug-likeness (QED) is 0.799. The molecule has 0 spiro atoms. The Bertz CT molecular complexity index is 342. The second-order valence-electron chi connectivity index (χ2n) is 3.97. The molecule has 1 N–H and O–H groups in total. The topological polar surface area (TPSA) is 12.0 Å². The third-order valence-electron chi connectivity index (χ3n) is 2.14. The highest BCUT2D eigenvalue weighted by Gasteiger charge is 1.95. The fourth-order valence-electron chi connectivity index (χ4n) is 1.27. The number of halogens is 1. The summed E-state index contributed by atoms with van der Waals surface area (Å²) in [5.41, 5.74) is 1.73. The summed E-state index contributed by atoms with van der Waals surface area (Å²) in [6.07, 6.45) is 4.05. The zero-order chi connectivity index (χ0) is 11.3. The number of nitrogens with one attached hydrogen (secondary N) is 1.